The Labute approximate surface area is 152 Å². The van der Waals surface area contributed by atoms with E-state index in [0.717, 1.165) is 38.2 Å². The molecule has 4 rings (SSSR count). The molecule has 0 fully saturated rings. The highest BCUT2D eigenvalue weighted by atomic mass is 32.1. The van der Waals surface area contributed by atoms with Crippen molar-refractivity contribution in [3.8, 4) is 10.6 Å². The van der Waals surface area contributed by atoms with E-state index < -0.39 is 0 Å². The minimum absolute atomic E-state index is 0.0418. The molecule has 1 aromatic carbocycles. The van der Waals surface area contributed by atoms with Crippen molar-refractivity contribution >= 4 is 33.5 Å². The summed E-state index contributed by atoms with van der Waals surface area (Å²) in [6, 6.07) is 11.7. The number of thiophene rings is 1. The van der Waals surface area contributed by atoms with E-state index in [-0.39, 0.29) is 5.91 Å². The number of rotatable bonds is 5. The fraction of sp³-hybridized carbons (Fsp3) is 0.176. The van der Waals surface area contributed by atoms with Gasteiger partial charge in [-0.15, -0.1) is 21.5 Å². The maximum absolute atomic E-state index is 12.0. The maximum Gasteiger partial charge on any atom is 0.261 e. The van der Waals surface area contributed by atoms with Crippen molar-refractivity contribution in [2.45, 2.75) is 19.9 Å². The van der Waals surface area contributed by atoms with Gasteiger partial charge in [0.1, 0.15) is 5.01 Å². The van der Waals surface area contributed by atoms with E-state index in [2.05, 4.69) is 20.6 Å². The van der Waals surface area contributed by atoms with Crippen LogP contribution in [0, 0.1) is 0 Å². The molecule has 0 bridgehead atoms. The van der Waals surface area contributed by atoms with E-state index in [1.54, 1.807) is 4.52 Å². The van der Waals surface area contributed by atoms with Crippen LogP contribution in [-0.4, -0.2) is 25.7 Å². The zero-order valence-corrected chi connectivity index (χ0v) is 15.1. The minimum Gasteiger partial charge on any atom is -0.347 e. The molecule has 0 radical (unpaired) electrons. The first-order chi connectivity index (χ1) is 12.2. The van der Waals surface area contributed by atoms with E-state index in [0.29, 0.717) is 6.54 Å². The van der Waals surface area contributed by atoms with Gasteiger partial charge in [-0.2, -0.15) is 9.61 Å². The van der Waals surface area contributed by atoms with Gasteiger partial charge in [-0.1, -0.05) is 48.6 Å². The summed E-state index contributed by atoms with van der Waals surface area (Å²) in [7, 11) is 0. The number of nitrogens with one attached hydrogen (secondary N) is 1. The molecule has 0 atom stereocenters. The minimum atomic E-state index is -0.0418. The molecule has 0 unspecified atom stereocenters. The van der Waals surface area contributed by atoms with Crippen LogP contribution in [0.2, 0.25) is 0 Å². The highest BCUT2D eigenvalue weighted by Gasteiger charge is 2.12. The Bertz CT molecular complexity index is 1000. The molecule has 0 aliphatic carbocycles. The Kier molecular flexibility index (Phi) is 4.29. The number of amides is 1. The number of benzene rings is 1. The molecule has 1 amide bonds. The summed E-state index contributed by atoms with van der Waals surface area (Å²) in [6.07, 6.45) is 0.799. The lowest BCUT2D eigenvalue weighted by Gasteiger charge is -2.04. The third kappa shape index (κ3) is 3.18. The predicted molar refractivity (Wildman–Crippen MR) is 99.0 cm³/mol. The number of aryl methyl sites for hydroxylation is 1. The van der Waals surface area contributed by atoms with Gasteiger partial charge in [0.05, 0.1) is 4.88 Å². The Balaban J connectivity index is 1.47. The molecule has 25 heavy (non-hydrogen) atoms. The molecule has 1 N–H and O–H groups in total. The highest BCUT2D eigenvalue weighted by Crippen LogP contribution is 2.25. The number of hydrogen-bond donors (Lipinski definition) is 1. The molecule has 0 aliphatic heterocycles. The van der Waals surface area contributed by atoms with Crippen LogP contribution in [0.4, 0.5) is 0 Å². The van der Waals surface area contributed by atoms with Crippen LogP contribution < -0.4 is 5.32 Å². The molecule has 3 heterocycles. The lowest BCUT2D eigenvalue weighted by Crippen LogP contribution is -2.21. The van der Waals surface area contributed by atoms with Gasteiger partial charge in [0.25, 0.3) is 5.91 Å². The summed E-state index contributed by atoms with van der Waals surface area (Å²) in [5.41, 5.74) is 2.08. The smallest absolute Gasteiger partial charge is 0.261 e. The summed E-state index contributed by atoms with van der Waals surface area (Å²) in [4.78, 5) is 13.5. The molecule has 0 aliphatic rings. The van der Waals surface area contributed by atoms with E-state index >= 15 is 0 Å². The number of aromatic nitrogens is 4. The Morgan fingerprint density at radius 3 is 2.76 bits per heavy atom. The van der Waals surface area contributed by atoms with Crippen LogP contribution in [0.1, 0.15) is 28.0 Å². The summed E-state index contributed by atoms with van der Waals surface area (Å²) in [6.45, 7) is 2.54. The molecule has 0 spiro atoms. The van der Waals surface area contributed by atoms with Crippen molar-refractivity contribution in [3.05, 3.63) is 58.0 Å². The van der Waals surface area contributed by atoms with Crippen molar-refractivity contribution in [2.24, 2.45) is 0 Å². The van der Waals surface area contributed by atoms with E-state index in [9.17, 15) is 4.79 Å². The van der Waals surface area contributed by atoms with Crippen LogP contribution in [0.5, 0.6) is 0 Å². The second-order valence-electron chi connectivity index (χ2n) is 5.43. The second-order valence-corrected chi connectivity index (χ2v) is 7.33. The first kappa shape index (κ1) is 15.9. The Hall–Kier alpha value is -2.58. The van der Waals surface area contributed by atoms with E-state index in [1.165, 1.54) is 22.7 Å². The van der Waals surface area contributed by atoms with Gasteiger partial charge in [0.15, 0.2) is 5.82 Å². The van der Waals surface area contributed by atoms with Gasteiger partial charge >= 0.3 is 0 Å². The average Bonchev–Trinajstić information content (AvgIpc) is 3.36. The average molecular weight is 369 g/mol. The molecule has 126 valence electrons. The summed E-state index contributed by atoms with van der Waals surface area (Å²) < 4.78 is 1.80. The zero-order valence-electron chi connectivity index (χ0n) is 13.5. The van der Waals surface area contributed by atoms with Gasteiger partial charge < -0.3 is 5.32 Å². The molecule has 4 aromatic rings. The quantitative estimate of drug-likeness (QED) is 0.585. The number of carbonyl (C=O) groups is 1. The number of fused-ring (bicyclic) bond motifs is 1. The van der Waals surface area contributed by atoms with Crippen molar-refractivity contribution in [3.63, 3.8) is 0 Å². The SMILES string of the molecule is CCc1nnc2sc(-c3ccc(CNC(=O)c4cccs4)cc3)nn12. The van der Waals surface area contributed by atoms with Gasteiger partial charge in [0.2, 0.25) is 4.96 Å². The van der Waals surface area contributed by atoms with Crippen LogP contribution in [0.3, 0.4) is 0 Å². The van der Waals surface area contributed by atoms with E-state index in [1.807, 2.05) is 48.7 Å². The van der Waals surface area contributed by atoms with Gasteiger partial charge in [-0.25, -0.2) is 0 Å². The van der Waals surface area contributed by atoms with Crippen molar-refractivity contribution < 1.29 is 4.79 Å². The fourth-order valence-corrected chi connectivity index (χ4v) is 3.94. The highest BCUT2D eigenvalue weighted by molar-refractivity contribution is 7.19. The zero-order chi connectivity index (χ0) is 17.2. The summed E-state index contributed by atoms with van der Waals surface area (Å²) in [5.74, 6) is 0.824. The second kappa shape index (κ2) is 6.73. The van der Waals surface area contributed by atoms with Crippen LogP contribution in [0.15, 0.2) is 41.8 Å². The van der Waals surface area contributed by atoms with Crippen LogP contribution >= 0.6 is 22.7 Å². The molecule has 0 saturated carbocycles. The van der Waals surface area contributed by atoms with Gasteiger partial charge in [0, 0.05) is 18.5 Å². The number of carbonyl (C=O) groups excluding carboxylic acids is 1. The third-order valence-electron chi connectivity index (χ3n) is 3.77. The molecular weight excluding hydrogens is 354 g/mol. The number of nitrogens with zero attached hydrogens (tertiary/aromatic N) is 4. The molecule has 6 nitrogen and oxygen atoms in total. The van der Waals surface area contributed by atoms with Gasteiger partial charge in [-0.05, 0) is 17.0 Å². The lowest BCUT2D eigenvalue weighted by atomic mass is 10.1. The number of hydrogen-bond acceptors (Lipinski definition) is 6. The Morgan fingerprint density at radius 2 is 2.04 bits per heavy atom. The largest absolute Gasteiger partial charge is 0.347 e. The topological polar surface area (TPSA) is 72.2 Å². The first-order valence-corrected chi connectivity index (χ1v) is 9.56. The monoisotopic (exact) mass is 369 g/mol. The molecular formula is C17H15N5OS2. The predicted octanol–water partition coefficient (Wildman–Crippen LogP) is 3.41. The molecule has 8 heteroatoms. The van der Waals surface area contributed by atoms with Gasteiger partial charge in [-0.3, -0.25) is 4.79 Å². The fourth-order valence-electron chi connectivity index (χ4n) is 2.44. The van der Waals surface area contributed by atoms with Crippen molar-refractivity contribution in [1.29, 1.82) is 0 Å². The first-order valence-electron chi connectivity index (χ1n) is 7.86. The van der Waals surface area contributed by atoms with Crippen LogP contribution in [0.25, 0.3) is 15.5 Å². The van der Waals surface area contributed by atoms with Crippen LogP contribution in [-0.2, 0) is 13.0 Å². The normalized spacial score (nSPS) is 11.1. The summed E-state index contributed by atoms with van der Waals surface area (Å²) >= 11 is 2.96. The Morgan fingerprint density at radius 1 is 1.20 bits per heavy atom. The third-order valence-corrected chi connectivity index (χ3v) is 5.59. The molecule has 3 aromatic heterocycles. The standard InChI is InChI=1S/C17H15N5OS2/c1-2-14-19-20-17-22(14)21-16(25-17)12-7-5-11(6-8-12)10-18-15(23)13-4-3-9-24-13/h3-9H,2,10H2,1H3,(H,18,23). The maximum atomic E-state index is 12.0. The van der Waals surface area contributed by atoms with Crippen molar-refractivity contribution in [1.82, 2.24) is 25.1 Å². The lowest BCUT2D eigenvalue weighted by molar-refractivity contribution is 0.0955. The summed E-state index contributed by atoms with van der Waals surface area (Å²) in [5, 5.41) is 18.6. The van der Waals surface area contributed by atoms with Crippen molar-refractivity contribution in [2.75, 3.05) is 0 Å². The molecule has 0 saturated heterocycles. The van der Waals surface area contributed by atoms with E-state index in [4.69, 9.17) is 0 Å².